The number of aliphatic hydroxyl groups excluding tert-OH is 1. The molecule has 6 amide bonds. The Labute approximate surface area is 307 Å². The Hall–Kier alpha value is -5.25. The largest absolute Gasteiger partial charge is 0.480 e. The fourth-order valence-corrected chi connectivity index (χ4v) is 5.28. The van der Waals surface area contributed by atoms with Gasteiger partial charge in [-0.1, -0.05) is 13.8 Å². The molecule has 1 aliphatic heterocycles. The molecular formula is C31H57N13O9. The molecule has 0 bridgehead atoms. The summed E-state index contributed by atoms with van der Waals surface area (Å²) in [5.74, 6) is -6.18. The van der Waals surface area contributed by atoms with Crippen LogP contribution in [0.25, 0.3) is 0 Å². The maximum Gasteiger partial charge on any atom is 0.326 e. The van der Waals surface area contributed by atoms with Crippen molar-refractivity contribution in [3.8, 4) is 0 Å². The van der Waals surface area contributed by atoms with Gasteiger partial charge >= 0.3 is 5.97 Å². The number of aliphatic hydroxyl groups is 1. The molecule has 6 unspecified atom stereocenters. The monoisotopic (exact) mass is 755 g/mol. The van der Waals surface area contributed by atoms with E-state index in [0.29, 0.717) is 6.42 Å². The summed E-state index contributed by atoms with van der Waals surface area (Å²) in [4.78, 5) is 98.9. The van der Waals surface area contributed by atoms with Crippen LogP contribution in [0.5, 0.6) is 0 Å². The molecule has 1 saturated heterocycles. The van der Waals surface area contributed by atoms with Crippen molar-refractivity contribution in [3.05, 3.63) is 0 Å². The van der Waals surface area contributed by atoms with Gasteiger partial charge in [-0.25, -0.2) is 4.79 Å². The molecule has 53 heavy (non-hydrogen) atoms. The van der Waals surface area contributed by atoms with Crippen LogP contribution >= 0.6 is 0 Å². The van der Waals surface area contributed by atoms with Gasteiger partial charge in [0.05, 0.1) is 19.2 Å². The number of amides is 6. The predicted molar refractivity (Wildman–Crippen MR) is 193 cm³/mol. The van der Waals surface area contributed by atoms with Crippen molar-refractivity contribution in [2.45, 2.75) is 102 Å². The number of nitrogens with two attached hydrogens (primary N) is 5. The number of carboxylic acids is 1. The number of carbonyl (C=O) groups is 7. The van der Waals surface area contributed by atoms with Gasteiger partial charge in [0.1, 0.15) is 30.2 Å². The zero-order valence-electron chi connectivity index (χ0n) is 30.5. The first-order chi connectivity index (χ1) is 24.9. The second kappa shape index (κ2) is 23.3. The summed E-state index contributed by atoms with van der Waals surface area (Å²) in [6, 6.07) is -7.24. The molecule has 22 heteroatoms. The lowest BCUT2D eigenvalue weighted by atomic mass is 10.0. The third kappa shape index (κ3) is 17.2. The molecule has 1 heterocycles. The van der Waals surface area contributed by atoms with Gasteiger partial charge < -0.3 is 70.4 Å². The van der Waals surface area contributed by atoms with Crippen LogP contribution < -0.4 is 55.3 Å². The van der Waals surface area contributed by atoms with Gasteiger partial charge in [0.15, 0.2) is 11.9 Å². The van der Waals surface area contributed by atoms with Gasteiger partial charge in [0, 0.05) is 19.6 Å². The van der Waals surface area contributed by atoms with E-state index in [1.807, 2.05) is 0 Å². The Morgan fingerprint density at radius 2 is 1.26 bits per heavy atom. The van der Waals surface area contributed by atoms with Crippen molar-refractivity contribution in [2.75, 3.05) is 32.8 Å². The van der Waals surface area contributed by atoms with Crippen LogP contribution in [0.3, 0.4) is 0 Å². The molecule has 6 atom stereocenters. The smallest absolute Gasteiger partial charge is 0.326 e. The summed E-state index contributed by atoms with van der Waals surface area (Å²) in [7, 11) is 0. The van der Waals surface area contributed by atoms with Crippen LogP contribution in [0, 0.1) is 5.92 Å². The SMILES string of the molecule is CC(C)CC(NC(=O)C(CO)NC(=O)C(CCCN=C(N)N)NC(=O)C1CCCN1C(=O)CNC(=O)C(C)N)C(=O)NC(CCCN=C(N)N)C(=O)O. The van der Waals surface area contributed by atoms with Gasteiger partial charge in [-0.3, -0.25) is 38.8 Å². The van der Waals surface area contributed by atoms with Crippen LogP contribution in [0.1, 0.15) is 65.7 Å². The van der Waals surface area contributed by atoms with E-state index in [4.69, 9.17) is 28.7 Å². The van der Waals surface area contributed by atoms with Crippen molar-refractivity contribution < 1.29 is 43.8 Å². The summed E-state index contributed by atoms with van der Waals surface area (Å²) in [5, 5.41) is 32.0. The van der Waals surface area contributed by atoms with Gasteiger partial charge in [-0.15, -0.1) is 0 Å². The molecule has 0 aromatic heterocycles. The Morgan fingerprint density at radius 3 is 1.77 bits per heavy atom. The van der Waals surface area contributed by atoms with Crippen LogP contribution in [-0.4, -0.2) is 137 Å². The number of hydrogen-bond donors (Lipinski definition) is 12. The second-order valence-corrected chi connectivity index (χ2v) is 13.0. The average Bonchev–Trinajstić information content (AvgIpc) is 3.58. The first kappa shape index (κ1) is 45.8. The molecule has 0 spiro atoms. The standard InChI is InChI=1S/C31H57N13O9/c1-16(2)13-20(26(49)41-19(29(52)53)8-5-11-38-31(35)36)42-27(50)21(15-45)43-25(48)18(7-4-10-37-30(33)34)40-28(51)22-9-6-12-44(22)23(46)14-39-24(47)17(3)32/h16-22,45H,4-15,32H2,1-3H3,(H,39,47)(H,40,51)(H,41,49)(H,42,50)(H,43,48)(H,52,53)(H4,33,34,37)(H4,35,36,38). The highest BCUT2D eigenvalue weighted by Gasteiger charge is 2.37. The Bertz CT molecular complexity index is 1330. The van der Waals surface area contributed by atoms with Crippen LogP contribution in [0.2, 0.25) is 0 Å². The van der Waals surface area contributed by atoms with E-state index in [-0.39, 0.29) is 82.5 Å². The zero-order chi connectivity index (χ0) is 40.2. The number of hydrogen-bond acceptors (Lipinski definition) is 11. The quantitative estimate of drug-likeness (QED) is 0.0263. The maximum atomic E-state index is 13.5. The van der Waals surface area contributed by atoms with Gasteiger partial charge in [0.2, 0.25) is 35.4 Å². The molecule has 1 fully saturated rings. The Balaban J connectivity index is 3.10. The van der Waals surface area contributed by atoms with Crippen molar-refractivity contribution in [1.82, 2.24) is 31.5 Å². The van der Waals surface area contributed by atoms with Crippen LogP contribution in [0.4, 0.5) is 0 Å². The van der Waals surface area contributed by atoms with E-state index in [1.54, 1.807) is 13.8 Å². The van der Waals surface area contributed by atoms with E-state index in [0.717, 1.165) is 0 Å². The number of likely N-dealkylation sites (tertiary alicyclic amines) is 1. The molecular weight excluding hydrogens is 698 g/mol. The predicted octanol–water partition coefficient (Wildman–Crippen LogP) is -5.39. The van der Waals surface area contributed by atoms with E-state index in [2.05, 4.69) is 36.6 Å². The molecule has 22 nitrogen and oxygen atoms in total. The number of nitrogens with zero attached hydrogens (tertiary/aromatic N) is 3. The topological polar surface area (TPSA) is 378 Å². The molecule has 0 radical (unpaired) electrons. The molecule has 0 aromatic carbocycles. The number of aliphatic carboxylic acids is 1. The zero-order valence-corrected chi connectivity index (χ0v) is 30.5. The minimum Gasteiger partial charge on any atom is -0.480 e. The molecule has 1 aliphatic rings. The maximum absolute atomic E-state index is 13.5. The number of aliphatic imine (C=N–C) groups is 2. The summed E-state index contributed by atoms with van der Waals surface area (Å²) < 4.78 is 0. The van der Waals surface area contributed by atoms with Crippen molar-refractivity contribution >= 4 is 53.3 Å². The van der Waals surface area contributed by atoms with E-state index in [1.165, 1.54) is 11.8 Å². The van der Waals surface area contributed by atoms with Crippen molar-refractivity contribution in [3.63, 3.8) is 0 Å². The highest BCUT2D eigenvalue weighted by atomic mass is 16.4. The second-order valence-electron chi connectivity index (χ2n) is 13.0. The summed E-state index contributed by atoms with van der Waals surface area (Å²) in [6.07, 6.45) is 1.26. The van der Waals surface area contributed by atoms with E-state index in [9.17, 15) is 43.8 Å². The lowest BCUT2D eigenvalue weighted by Gasteiger charge is -2.28. The number of rotatable bonds is 23. The van der Waals surface area contributed by atoms with Crippen molar-refractivity contribution in [2.24, 2.45) is 44.6 Å². The minimum absolute atomic E-state index is 0.0112. The highest BCUT2D eigenvalue weighted by Crippen LogP contribution is 2.18. The van der Waals surface area contributed by atoms with Gasteiger partial charge in [-0.05, 0) is 57.8 Å². The minimum atomic E-state index is -1.59. The summed E-state index contributed by atoms with van der Waals surface area (Å²) in [5.41, 5.74) is 26.9. The molecule has 300 valence electrons. The van der Waals surface area contributed by atoms with Crippen LogP contribution in [-0.2, 0) is 33.6 Å². The highest BCUT2D eigenvalue weighted by molar-refractivity contribution is 5.96. The summed E-state index contributed by atoms with van der Waals surface area (Å²) in [6.45, 7) is 4.17. The lowest BCUT2D eigenvalue weighted by Crippen LogP contribution is -2.59. The fraction of sp³-hybridized carbons (Fsp3) is 0.710. The summed E-state index contributed by atoms with van der Waals surface area (Å²) >= 11 is 0. The van der Waals surface area contributed by atoms with Gasteiger partial charge in [-0.2, -0.15) is 0 Å². The first-order valence-corrected chi connectivity index (χ1v) is 17.4. The number of nitrogens with one attached hydrogen (secondary N) is 5. The third-order valence-corrected chi connectivity index (χ3v) is 8.00. The molecule has 0 saturated carbocycles. The average molecular weight is 756 g/mol. The molecule has 0 aliphatic carbocycles. The van der Waals surface area contributed by atoms with E-state index < -0.39 is 84.3 Å². The van der Waals surface area contributed by atoms with Crippen molar-refractivity contribution in [1.29, 1.82) is 0 Å². The first-order valence-electron chi connectivity index (χ1n) is 17.4. The third-order valence-electron chi connectivity index (χ3n) is 8.00. The lowest BCUT2D eigenvalue weighted by molar-refractivity contribution is -0.142. The normalized spacial score (nSPS) is 16.6. The molecule has 1 rings (SSSR count). The Kier molecular flexibility index (Phi) is 20.2. The number of guanidine groups is 2. The molecule has 0 aromatic rings. The van der Waals surface area contributed by atoms with E-state index >= 15 is 0 Å². The fourth-order valence-electron chi connectivity index (χ4n) is 5.28. The Morgan fingerprint density at radius 1 is 0.755 bits per heavy atom. The van der Waals surface area contributed by atoms with Crippen LogP contribution in [0.15, 0.2) is 9.98 Å². The number of carbonyl (C=O) groups excluding carboxylic acids is 6. The van der Waals surface area contributed by atoms with Gasteiger partial charge in [0.25, 0.3) is 0 Å². The number of carboxylic acid groups (broad SMARTS) is 1. The molecule has 17 N–H and O–H groups in total.